The molecule has 0 rings (SSSR count). The third-order valence-electron chi connectivity index (χ3n) is 1.73. The van der Waals surface area contributed by atoms with Crippen molar-refractivity contribution in [2.24, 2.45) is 0 Å². The lowest BCUT2D eigenvalue weighted by Gasteiger charge is -2.14. The molecule has 92 valence electrons. The first-order chi connectivity index (χ1) is 7.60. The normalized spacial score (nSPS) is 12.1. The molecule has 0 saturated carbocycles. The summed E-state index contributed by atoms with van der Waals surface area (Å²) in [6, 6.07) is 0. The number of esters is 1. The second-order valence-corrected chi connectivity index (χ2v) is 3.25. The zero-order chi connectivity index (χ0) is 12.4. The molecule has 7 heteroatoms. The van der Waals surface area contributed by atoms with Gasteiger partial charge in [-0.1, -0.05) is 6.32 Å². The van der Waals surface area contributed by atoms with Gasteiger partial charge < -0.3 is 19.7 Å². The third kappa shape index (κ3) is 8.25. The summed E-state index contributed by atoms with van der Waals surface area (Å²) < 4.78 is 9.93. The Bertz CT molecular complexity index is 220. The standard InChI is InChI=1S/C9H17BO6/c10-3-4-15-7(5-11)6-16-9(14)2-1-8(12)13/h7,11H,1-6,10H2,(H,12,13). The van der Waals surface area contributed by atoms with E-state index in [0.717, 1.165) is 6.32 Å². The van der Waals surface area contributed by atoms with Gasteiger partial charge in [0.1, 0.15) is 20.6 Å². The molecular weight excluding hydrogens is 215 g/mol. The molecule has 0 saturated heterocycles. The van der Waals surface area contributed by atoms with E-state index < -0.39 is 18.0 Å². The number of hydrogen-bond donors (Lipinski definition) is 2. The van der Waals surface area contributed by atoms with Crippen molar-refractivity contribution in [3.05, 3.63) is 0 Å². The van der Waals surface area contributed by atoms with Crippen molar-refractivity contribution in [1.82, 2.24) is 0 Å². The highest BCUT2D eigenvalue weighted by Crippen LogP contribution is 1.98. The second-order valence-electron chi connectivity index (χ2n) is 3.25. The zero-order valence-corrected chi connectivity index (χ0v) is 9.35. The Kier molecular flexibility index (Phi) is 8.56. The lowest BCUT2D eigenvalue weighted by Crippen LogP contribution is -2.26. The summed E-state index contributed by atoms with van der Waals surface area (Å²) >= 11 is 0. The summed E-state index contributed by atoms with van der Waals surface area (Å²) in [5, 5.41) is 17.2. The lowest BCUT2D eigenvalue weighted by atomic mass is 10.1. The van der Waals surface area contributed by atoms with Gasteiger partial charge in [0, 0.05) is 6.61 Å². The summed E-state index contributed by atoms with van der Waals surface area (Å²) in [6.45, 7) is 0.207. The van der Waals surface area contributed by atoms with Crippen molar-refractivity contribution in [2.75, 3.05) is 19.8 Å². The number of aliphatic hydroxyl groups excluding tert-OH is 1. The van der Waals surface area contributed by atoms with Crippen molar-refractivity contribution < 1.29 is 29.3 Å². The van der Waals surface area contributed by atoms with Gasteiger partial charge in [0.25, 0.3) is 0 Å². The van der Waals surface area contributed by atoms with E-state index in [0.29, 0.717) is 6.61 Å². The predicted molar refractivity (Wildman–Crippen MR) is 58.0 cm³/mol. The Morgan fingerprint density at radius 1 is 1.31 bits per heavy atom. The molecule has 16 heavy (non-hydrogen) atoms. The maximum atomic E-state index is 11.0. The minimum atomic E-state index is -1.04. The zero-order valence-electron chi connectivity index (χ0n) is 9.35. The van der Waals surface area contributed by atoms with Gasteiger partial charge in [-0.25, -0.2) is 0 Å². The third-order valence-corrected chi connectivity index (χ3v) is 1.73. The van der Waals surface area contributed by atoms with Crippen LogP contribution in [0, 0.1) is 0 Å². The van der Waals surface area contributed by atoms with Crippen LogP contribution < -0.4 is 0 Å². The van der Waals surface area contributed by atoms with Crippen molar-refractivity contribution in [3.8, 4) is 0 Å². The van der Waals surface area contributed by atoms with Gasteiger partial charge >= 0.3 is 11.9 Å². The van der Waals surface area contributed by atoms with E-state index in [1.165, 1.54) is 0 Å². The number of aliphatic hydroxyl groups is 1. The van der Waals surface area contributed by atoms with Crippen LogP contribution in [0.3, 0.4) is 0 Å². The topological polar surface area (TPSA) is 93.1 Å². The molecule has 0 aromatic rings. The smallest absolute Gasteiger partial charge is 0.306 e. The molecule has 2 N–H and O–H groups in total. The Morgan fingerprint density at radius 3 is 2.50 bits per heavy atom. The highest BCUT2D eigenvalue weighted by Gasteiger charge is 2.12. The molecule has 0 aliphatic carbocycles. The number of carboxylic acid groups (broad SMARTS) is 1. The number of ether oxygens (including phenoxy) is 2. The molecule has 6 nitrogen and oxygen atoms in total. The number of rotatable bonds is 9. The first-order valence-corrected chi connectivity index (χ1v) is 5.20. The van der Waals surface area contributed by atoms with E-state index in [2.05, 4.69) is 0 Å². The molecule has 0 heterocycles. The maximum Gasteiger partial charge on any atom is 0.306 e. The largest absolute Gasteiger partial charge is 0.481 e. The Balaban J connectivity index is 3.66. The summed E-state index contributed by atoms with van der Waals surface area (Å²) in [7, 11) is 1.92. The highest BCUT2D eigenvalue weighted by molar-refractivity contribution is 6.08. The van der Waals surface area contributed by atoms with Crippen LogP contribution in [0.1, 0.15) is 12.8 Å². The fourth-order valence-corrected chi connectivity index (χ4v) is 0.905. The molecular formula is C9H17BO6. The fourth-order valence-electron chi connectivity index (χ4n) is 0.905. The average Bonchev–Trinajstić information content (AvgIpc) is 2.26. The summed E-state index contributed by atoms with van der Waals surface area (Å²) in [5.41, 5.74) is 0. The van der Waals surface area contributed by atoms with Crippen molar-refractivity contribution >= 4 is 19.8 Å². The predicted octanol–water partition coefficient (Wildman–Crippen LogP) is -1.18. The number of carbonyl (C=O) groups excluding carboxylic acids is 1. The van der Waals surface area contributed by atoms with Gasteiger partial charge in [0.15, 0.2) is 0 Å². The molecule has 0 bridgehead atoms. The van der Waals surface area contributed by atoms with Crippen molar-refractivity contribution in [1.29, 1.82) is 0 Å². The molecule has 1 unspecified atom stereocenters. The van der Waals surface area contributed by atoms with E-state index in [4.69, 9.17) is 19.7 Å². The molecule has 0 aromatic carbocycles. The van der Waals surface area contributed by atoms with Crippen LogP contribution in [0.25, 0.3) is 0 Å². The van der Waals surface area contributed by atoms with Crippen molar-refractivity contribution in [2.45, 2.75) is 25.3 Å². The van der Waals surface area contributed by atoms with E-state index in [1.807, 2.05) is 7.85 Å². The fraction of sp³-hybridized carbons (Fsp3) is 0.778. The molecule has 0 amide bonds. The van der Waals surface area contributed by atoms with Crippen LogP contribution in [0.5, 0.6) is 0 Å². The number of carbonyl (C=O) groups is 2. The SMILES string of the molecule is BCCOC(CO)COC(=O)CCC(=O)O. The molecule has 0 aliphatic heterocycles. The van der Waals surface area contributed by atoms with Gasteiger partial charge in [-0.2, -0.15) is 0 Å². The molecule has 0 spiro atoms. The lowest BCUT2D eigenvalue weighted by molar-refractivity contribution is -0.151. The van der Waals surface area contributed by atoms with Crippen LogP contribution in [-0.2, 0) is 19.1 Å². The quantitative estimate of drug-likeness (QED) is 0.384. The highest BCUT2D eigenvalue weighted by atomic mass is 16.6. The van der Waals surface area contributed by atoms with Crippen LogP contribution in [0.15, 0.2) is 0 Å². The van der Waals surface area contributed by atoms with E-state index in [-0.39, 0.29) is 26.1 Å². The number of hydrogen-bond acceptors (Lipinski definition) is 5. The summed E-state index contributed by atoms with van der Waals surface area (Å²) in [4.78, 5) is 21.2. The Hall–Kier alpha value is -1.08. The van der Waals surface area contributed by atoms with Crippen LogP contribution in [-0.4, -0.2) is 55.9 Å². The molecule has 0 fully saturated rings. The first-order valence-electron chi connectivity index (χ1n) is 5.20. The van der Waals surface area contributed by atoms with Crippen molar-refractivity contribution in [3.63, 3.8) is 0 Å². The van der Waals surface area contributed by atoms with E-state index >= 15 is 0 Å². The number of carboxylic acids is 1. The minimum absolute atomic E-state index is 0.0467. The Morgan fingerprint density at radius 2 is 2.00 bits per heavy atom. The maximum absolute atomic E-state index is 11.0. The number of aliphatic carboxylic acids is 1. The van der Waals surface area contributed by atoms with Crippen LogP contribution in [0.4, 0.5) is 0 Å². The molecule has 0 radical (unpaired) electrons. The van der Waals surface area contributed by atoms with Gasteiger partial charge in [-0.15, -0.1) is 0 Å². The average molecular weight is 232 g/mol. The molecule has 1 atom stereocenters. The summed E-state index contributed by atoms with van der Waals surface area (Å²) in [5.74, 6) is -1.64. The molecule has 0 aliphatic rings. The monoisotopic (exact) mass is 232 g/mol. The molecule has 0 aromatic heterocycles. The van der Waals surface area contributed by atoms with Crippen LogP contribution >= 0.6 is 0 Å². The minimum Gasteiger partial charge on any atom is -0.481 e. The van der Waals surface area contributed by atoms with Gasteiger partial charge in [-0.3, -0.25) is 9.59 Å². The van der Waals surface area contributed by atoms with Gasteiger partial charge in [0.05, 0.1) is 19.4 Å². The first kappa shape index (κ1) is 14.9. The summed E-state index contributed by atoms with van der Waals surface area (Å²) in [6.07, 6.45) is -0.142. The van der Waals surface area contributed by atoms with Gasteiger partial charge in [-0.05, 0) is 0 Å². The van der Waals surface area contributed by atoms with E-state index in [1.54, 1.807) is 0 Å². The van der Waals surface area contributed by atoms with E-state index in [9.17, 15) is 9.59 Å². The Labute approximate surface area is 94.9 Å². The van der Waals surface area contributed by atoms with Crippen LogP contribution in [0.2, 0.25) is 6.32 Å². The second kappa shape index (κ2) is 9.17. The van der Waals surface area contributed by atoms with Gasteiger partial charge in [0.2, 0.25) is 0 Å².